The topological polar surface area (TPSA) is 47.6 Å². The minimum atomic E-state index is -0.534. The van der Waals surface area contributed by atoms with Crippen molar-refractivity contribution in [3.63, 3.8) is 0 Å². The highest BCUT2D eigenvalue weighted by Crippen LogP contribution is 2.30. The molecule has 0 aliphatic heterocycles. The fourth-order valence-corrected chi connectivity index (χ4v) is 3.31. The molecule has 1 aromatic carbocycles. The lowest BCUT2D eigenvalue weighted by Gasteiger charge is -2.17. The molecule has 0 saturated heterocycles. The van der Waals surface area contributed by atoms with E-state index in [2.05, 4.69) is 21.2 Å². The number of rotatable bonds is 6. The van der Waals surface area contributed by atoms with E-state index in [4.69, 9.17) is 9.47 Å². The van der Waals surface area contributed by atoms with Crippen molar-refractivity contribution in [3.8, 4) is 5.75 Å². The van der Waals surface area contributed by atoms with Crippen LogP contribution in [0.15, 0.2) is 40.2 Å². The molecule has 0 radical (unpaired) electrons. The Bertz CT molecular complexity index is 614. The number of esters is 1. The summed E-state index contributed by atoms with van der Waals surface area (Å²) in [6.07, 6.45) is 0. The third-order valence-corrected chi connectivity index (χ3v) is 4.53. The normalized spacial score (nSPS) is 11.8. The van der Waals surface area contributed by atoms with Gasteiger partial charge in [0.25, 0.3) is 0 Å². The minimum absolute atomic E-state index is 0.297. The van der Waals surface area contributed by atoms with Crippen LogP contribution in [0.1, 0.15) is 17.8 Å². The SMILES string of the molecule is CCOC(=O)C(Nc1cccc(OC)c1)c1cc(Br)cs1. The first-order valence-corrected chi connectivity index (χ1v) is 8.12. The van der Waals surface area contributed by atoms with Gasteiger partial charge in [-0.2, -0.15) is 0 Å². The van der Waals surface area contributed by atoms with Crippen molar-refractivity contribution in [3.05, 3.63) is 45.1 Å². The monoisotopic (exact) mass is 369 g/mol. The van der Waals surface area contributed by atoms with E-state index < -0.39 is 6.04 Å². The number of methoxy groups -OCH3 is 1. The number of hydrogen-bond acceptors (Lipinski definition) is 5. The van der Waals surface area contributed by atoms with Crippen LogP contribution in [0.5, 0.6) is 5.75 Å². The van der Waals surface area contributed by atoms with Crippen molar-refractivity contribution in [1.29, 1.82) is 0 Å². The van der Waals surface area contributed by atoms with Gasteiger partial charge in [-0.1, -0.05) is 6.07 Å². The number of hydrogen-bond donors (Lipinski definition) is 1. The number of carbonyl (C=O) groups is 1. The molecule has 1 unspecified atom stereocenters. The summed E-state index contributed by atoms with van der Waals surface area (Å²) in [5, 5.41) is 5.14. The maximum atomic E-state index is 12.2. The van der Waals surface area contributed by atoms with Crippen LogP contribution < -0.4 is 10.1 Å². The predicted molar refractivity (Wildman–Crippen MR) is 88.0 cm³/mol. The molecule has 2 rings (SSSR count). The molecule has 1 atom stereocenters. The first-order valence-electron chi connectivity index (χ1n) is 6.45. The standard InChI is InChI=1S/C15H16BrNO3S/c1-3-20-15(18)14(13-7-10(16)9-21-13)17-11-5-4-6-12(8-11)19-2/h4-9,14,17H,3H2,1-2H3. The van der Waals surface area contributed by atoms with Crippen molar-refractivity contribution < 1.29 is 14.3 Å². The van der Waals surface area contributed by atoms with Crippen molar-refractivity contribution in [2.24, 2.45) is 0 Å². The first-order chi connectivity index (χ1) is 10.1. The molecule has 6 heteroatoms. The Kier molecular flexibility index (Phi) is 5.64. The van der Waals surface area contributed by atoms with Crippen LogP contribution >= 0.6 is 27.3 Å². The summed E-state index contributed by atoms with van der Waals surface area (Å²) in [5.41, 5.74) is 0.803. The maximum absolute atomic E-state index is 12.2. The highest BCUT2D eigenvalue weighted by atomic mass is 79.9. The highest BCUT2D eigenvalue weighted by molar-refractivity contribution is 9.10. The second-order valence-electron chi connectivity index (χ2n) is 4.23. The molecule has 0 amide bonds. The lowest BCUT2D eigenvalue weighted by atomic mass is 10.2. The number of anilines is 1. The molecular formula is C15H16BrNO3S. The van der Waals surface area contributed by atoms with Gasteiger partial charge in [0.1, 0.15) is 5.75 Å². The summed E-state index contributed by atoms with van der Waals surface area (Å²) in [6, 6.07) is 8.83. The summed E-state index contributed by atoms with van der Waals surface area (Å²) < 4.78 is 11.3. The molecule has 2 aromatic rings. The molecule has 4 nitrogen and oxygen atoms in total. The van der Waals surface area contributed by atoms with Gasteiger partial charge < -0.3 is 14.8 Å². The van der Waals surface area contributed by atoms with E-state index in [9.17, 15) is 4.79 Å². The summed E-state index contributed by atoms with van der Waals surface area (Å²) in [5.74, 6) is 0.435. The molecule has 1 N–H and O–H groups in total. The molecule has 0 aliphatic carbocycles. The minimum Gasteiger partial charge on any atom is -0.497 e. The highest BCUT2D eigenvalue weighted by Gasteiger charge is 2.23. The number of carbonyl (C=O) groups excluding carboxylic acids is 1. The van der Waals surface area contributed by atoms with E-state index in [0.29, 0.717) is 6.61 Å². The Labute approximate surface area is 136 Å². The van der Waals surface area contributed by atoms with Crippen molar-refractivity contribution in [1.82, 2.24) is 0 Å². The molecule has 0 spiro atoms. The largest absolute Gasteiger partial charge is 0.497 e. The van der Waals surface area contributed by atoms with E-state index in [1.165, 1.54) is 11.3 Å². The van der Waals surface area contributed by atoms with Gasteiger partial charge in [-0.25, -0.2) is 4.79 Å². The van der Waals surface area contributed by atoms with E-state index in [1.807, 2.05) is 35.7 Å². The molecule has 0 bridgehead atoms. The van der Waals surface area contributed by atoms with Crippen LogP contribution in [-0.2, 0) is 9.53 Å². The average Bonchev–Trinajstić information content (AvgIpc) is 2.91. The summed E-state index contributed by atoms with van der Waals surface area (Å²) in [6.45, 7) is 2.15. The van der Waals surface area contributed by atoms with Crippen molar-refractivity contribution in [2.45, 2.75) is 13.0 Å². The first kappa shape index (κ1) is 15.9. The molecule has 21 heavy (non-hydrogen) atoms. The van der Waals surface area contributed by atoms with Gasteiger partial charge in [0.2, 0.25) is 0 Å². The Morgan fingerprint density at radius 2 is 2.24 bits per heavy atom. The zero-order chi connectivity index (χ0) is 15.2. The zero-order valence-corrected chi connectivity index (χ0v) is 14.2. The summed E-state index contributed by atoms with van der Waals surface area (Å²) in [7, 11) is 1.61. The molecule has 0 fully saturated rings. The van der Waals surface area contributed by atoms with Crippen LogP contribution in [0.3, 0.4) is 0 Å². The molecule has 1 heterocycles. The van der Waals surface area contributed by atoms with Gasteiger partial charge in [0, 0.05) is 26.5 Å². The van der Waals surface area contributed by atoms with Gasteiger partial charge in [-0.05, 0) is 41.1 Å². The van der Waals surface area contributed by atoms with Crippen molar-refractivity contribution in [2.75, 3.05) is 19.0 Å². The Hall–Kier alpha value is -1.53. The van der Waals surface area contributed by atoms with E-state index in [1.54, 1.807) is 14.0 Å². The van der Waals surface area contributed by atoms with Gasteiger partial charge in [0.15, 0.2) is 6.04 Å². The van der Waals surface area contributed by atoms with E-state index >= 15 is 0 Å². The van der Waals surface area contributed by atoms with Gasteiger partial charge >= 0.3 is 5.97 Å². The fourth-order valence-electron chi connectivity index (χ4n) is 1.83. The second-order valence-corrected chi connectivity index (χ2v) is 6.09. The van der Waals surface area contributed by atoms with E-state index in [0.717, 1.165) is 20.8 Å². The smallest absolute Gasteiger partial charge is 0.334 e. The van der Waals surface area contributed by atoms with Gasteiger partial charge in [-0.3, -0.25) is 0 Å². The van der Waals surface area contributed by atoms with Crippen LogP contribution in [0, 0.1) is 0 Å². The quantitative estimate of drug-likeness (QED) is 0.773. The molecule has 0 aliphatic rings. The maximum Gasteiger partial charge on any atom is 0.334 e. The van der Waals surface area contributed by atoms with E-state index in [-0.39, 0.29) is 5.97 Å². The van der Waals surface area contributed by atoms with Crippen LogP contribution in [0.2, 0.25) is 0 Å². The Morgan fingerprint density at radius 3 is 2.86 bits per heavy atom. The predicted octanol–water partition coefficient (Wildman–Crippen LogP) is 4.24. The molecular weight excluding hydrogens is 354 g/mol. The number of ether oxygens (including phenoxy) is 2. The number of halogens is 1. The third-order valence-electron chi connectivity index (χ3n) is 2.78. The second kappa shape index (κ2) is 7.47. The third kappa shape index (κ3) is 4.22. The Morgan fingerprint density at radius 1 is 1.43 bits per heavy atom. The summed E-state index contributed by atoms with van der Waals surface area (Å²) >= 11 is 4.91. The lowest BCUT2D eigenvalue weighted by Crippen LogP contribution is -2.22. The van der Waals surface area contributed by atoms with Crippen molar-refractivity contribution >= 4 is 38.9 Å². The lowest BCUT2D eigenvalue weighted by molar-refractivity contribution is -0.144. The number of thiophene rings is 1. The fraction of sp³-hybridized carbons (Fsp3) is 0.267. The van der Waals surface area contributed by atoms with Gasteiger partial charge in [-0.15, -0.1) is 11.3 Å². The molecule has 112 valence electrons. The zero-order valence-electron chi connectivity index (χ0n) is 11.8. The number of nitrogens with one attached hydrogen (secondary N) is 1. The average molecular weight is 370 g/mol. The van der Waals surface area contributed by atoms with Gasteiger partial charge in [0.05, 0.1) is 13.7 Å². The number of benzene rings is 1. The Balaban J connectivity index is 2.24. The molecule has 1 aromatic heterocycles. The van der Waals surface area contributed by atoms with Crippen LogP contribution in [-0.4, -0.2) is 19.7 Å². The summed E-state index contributed by atoms with van der Waals surface area (Å²) in [4.78, 5) is 13.1. The molecule has 0 saturated carbocycles. The van der Waals surface area contributed by atoms with Crippen LogP contribution in [0.4, 0.5) is 5.69 Å². The van der Waals surface area contributed by atoms with Crippen LogP contribution in [0.25, 0.3) is 0 Å².